The zero-order valence-electron chi connectivity index (χ0n) is 12.9. The summed E-state index contributed by atoms with van der Waals surface area (Å²) >= 11 is 0. The Morgan fingerprint density at radius 3 is 2.60 bits per heavy atom. The van der Waals surface area contributed by atoms with Gasteiger partial charge >= 0.3 is 0 Å². The molecule has 1 aromatic rings. The smallest absolute Gasteiger partial charge is 0.124 e. The van der Waals surface area contributed by atoms with Crippen molar-refractivity contribution in [2.75, 3.05) is 13.7 Å². The minimum atomic E-state index is 0.157. The highest BCUT2D eigenvalue weighted by atomic mass is 16.5. The molecule has 1 atom stereocenters. The maximum atomic E-state index is 10.1. The summed E-state index contributed by atoms with van der Waals surface area (Å²) in [5.74, 6) is 1.00. The molecule has 2 rings (SSSR count). The van der Waals surface area contributed by atoms with E-state index in [4.69, 9.17) is 4.74 Å². The van der Waals surface area contributed by atoms with Crippen molar-refractivity contribution in [3.05, 3.63) is 23.8 Å². The van der Waals surface area contributed by atoms with E-state index in [0.717, 1.165) is 12.1 Å². The summed E-state index contributed by atoms with van der Waals surface area (Å²) in [5.41, 5.74) is 1.41. The second-order valence-electron chi connectivity index (χ2n) is 6.09. The lowest BCUT2D eigenvalue weighted by Crippen LogP contribution is -2.33. The maximum absolute atomic E-state index is 10.1. The van der Waals surface area contributed by atoms with Crippen molar-refractivity contribution in [3.63, 3.8) is 0 Å². The van der Waals surface area contributed by atoms with Gasteiger partial charge in [0.1, 0.15) is 11.5 Å². The number of benzene rings is 1. The van der Waals surface area contributed by atoms with Gasteiger partial charge in [0.05, 0.1) is 7.11 Å². The van der Waals surface area contributed by atoms with Gasteiger partial charge in [0.25, 0.3) is 0 Å². The van der Waals surface area contributed by atoms with E-state index >= 15 is 0 Å². The SMILES string of the molecule is CCC1(CNC(C)c2ccc(OC)cc2O)CCCC1. The molecular formula is C17H27NO2. The van der Waals surface area contributed by atoms with E-state index in [9.17, 15) is 5.11 Å². The molecule has 1 aliphatic carbocycles. The average molecular weight is 277 g/mol. The van der Waals surface area contributed by atoms with Crippen LogP contribution in [0.1, 0.15) is 57.6 Å². The number of nitrogens with one attached hydrogen (secondary N) is 1. The lowest BCUT2D eigenvalue weighted by Gasteiger charge is -2.30. The van der Waals surface area contributed by atoms with Crippen molar-refractivity contribution in [3.8, 4) is 11.5 Å². The summed E-state index contributed by atoms with van der Waals surface area (Å²) < 4.78 is 5.12. The Labute approximate surface area is 122 Å². The van der Waals surface area contributed by atoms with E-state index in [2.05, 4.69) is 19.2 Å². The summed E-state index contributed by atoms with van der Waals surface area (Å²) in [6.07, 6.45) is 6.62. The molecule has 0 spiro atoms. The second kappa shape index (κ2) is 6.49. The largest absolute Gasteiger partial charge is 0.507 e. The fourth-order valence-corrected chi connectivity index (χ4v) is 3.28. The van der Waals surface area contributed by atoms with Gasteiger partial charge in [-0.15, -0.1) is 0 Å². The van der Waals surface area contributed by atoms with Gasteiger partial charge in [0.15, 0.2) is 0 Å². The number of rotatable bonds is 6. The van der Waals surface area contributed by atoms with Crippen LogP contribution in [0.15, 0.2) is 18.2 Å². The van der Waals surface area contributed by atoms with E-state index in [1.807, 2.05) is 12.1 Å². The van der Waals surface area contributed by atoms with E-state index in [1.54, 1.807) is 13.2 Å². The number of hydrogen-bond donors (Lipinski definition) is 2. The predicted molar refractivity (Wildman–Crippen MR) is 82.3 cm³/mol. The van der Waals surface area contributed by atoms with Gasteiger partial charge in [-0.3, -0.25) is 0 Å². The van der Waals surface area contributed by atoms with E-state index in [0.29, 0.717) is 16.9 Å². The molecule has 3 nitrogen and oxygen atoms in total. The lowest BCUT2D eigenvalue weighted by molar-refractivity contribution is 0.258. The van der Waals surface area contributed by atoms with Crippen molar-refractivity contribution in [1.29, 1.82) is 0 Å². The summed E-state index contributed by atoms with van der Waals surface area (Å²) in [6, 6.07) is 5.68. The monoisotopic (exact) mass is 277 g/mol. The van der Waals surface area contributed by atoms with Crippen LogP contribution in [0.4, 0.5) is 0 Å². The maximum Gasteiger partial charge on any atom is 0.124 e. The highest BCUT2D eigenvalue weighted by Gasteiger charge is 2.32. The van der Waals surface area contributed by atoms with Gasteiger partial charge < -0.3 is 15.2 Å². The predicted octanol–water partition coefficient (Wildman–Crippen LogP) is 4.02. The molecule has 0 saturated heterocycles. The molecule has 1 aromatic carbocycles. The van der Waals surface area contributed by atoms with Crippen LogP contribution in [0, 0.1) is 5.41 Å². The molecule has 0 bridgehead atoms. The topological polar surface area (TPSA) is 41.5 Å². The summed E-state index contributed by atoms with van der Waals surface area (Å²) in [7, 11) is 1.61. The van der Waals surface area contributed by atoms with Crippen LogP contribution >= 0.6 is 0 Å². The van der Waals surface area contributed by atoms with Gasteiger partial charge in [-0.2, -0.15) is 0 Å². The first-order valence-corrected chi connectivity index (χ1v) is 7.70. The molecule has 1 saturated carbocycles. The molecule has 3 heteroatoms. The van der Waals surface area contributed by atoms with E-state index < -0.39 is 0 Å². The summed E-state index contributed by atoms with van der Waals surface area (Å²) in [4.78, 5) is 0. The molecular weight excluding hydrogens is 250 g/mol. The van der Waals surface area contributed by atoms with Crippen molar-refractivity contribution < 1.29 is 9.84 Å². The van der Waals surface area contributed by atoms with Crippen LogP contribution in [0.5, 0.6) is 11.5 Å². The van der Waals surface area contributed by atoms with Crippen molar-refractivity contribution in [2.45, 2.75) is 52.0 Å². The summed E-state index contributed by atoms with van der Waals surface area (Å²) in [6.45, 7) is 5.44. The Bertz CT molecular complexity index is 439. The molecule has 1 fully saturated rings. The number of aromatic hydroxyl groups is 1. The molecule has 0 aliphatic heterocycles. The average Bonchev–Trinajstić information content (AvgIpc) is 2.94. The highest BCUT2D eigenvalue weighted by Crippen LogP contribution is 2.41. The molecule has 0 radical (unpaired) electrons. The van der Waals surface area contributed by atoms with Gasteiger partial charge in [-0.25, -0.2) is 0 Å². The first kappa shape index (κ1) is 15.2. The van der Waals surface area contributed by atoms with E-state index in [1.165, 1.54) is 32.1 Å². The summed E-state index contributed by atoms with van der Waals surface area (Å²) in [5, 5.41) is 13.7. The van der Waals surface area contributed by atoms with Crippen molar-refractivity contribution >= 4 is 0 Å². The van der Waals surface area contributed by atoms with Gasteiger partial charge in [-0.1, -0.05) is 25.8 Å². The first-order valence-electron chi connectivity index (χ1n) is 7.70. The molecule has 2 N–H and O–H groups in total. The quantitative estimate of drug-likeness (QED) is 0.825. The first-order chi connectivity index (χ1) is 9.60. The molecule has 112 valence electrons. The minimum absolute atomic E-state index is 0.157. The Hall–Kier alpha value is -1.22. The lowest BCUT2D eigenvalue weighted by atomic mass is 9.83. The third-order valence-corrected chi connectivity index (χ3v) is 4.90. The molecule has 20 heavy (non-hydrogen) atoms. The Kier molecular flexibility index (Phi) is 4.92. The number of ether oxygens (including phenoxy) is 1. The standard InChI is InChI=1S/C17H27NO2/c1-4-17(9-5-6-10-17)12-18-13(2)15-8-7-14(20-3)11-16(15)19/h7-8,11,13,18-19H,4-6,9-10,12H2,1-3H3. The molecule has 1 aliphatic rings. The fraction of sp³-hybridized carbons (Fsp3) is 0.647. The Balaban J connectivity index is 1.99. The Morgan fingerprint density at radius 2 is 2.05 bits per heavy atom. The van der Waals surface area contributed by atoms with Crippen LogP contribution < -0.4 is 10.1 Å². The number of hydrogen-bond acceptors (Lipinski definition) is 3. The number of methoxy groups -OCH3 is 1. The Morgan fingerprint density at radius 1 is 1.35 bits per heavy atom. The van der Waals surface area contributed by atoms with Crippen LogP contribution in [0.2, 0.25) is 0 Å². The van der Waals surface area contributed by atoms with Crippen LogP contribution in [0.25, 0.3) is 0 Å². The van der Waals surface area contributed by atoms with E-state index in [-0.39, 0.29) is 6.04 Å². The number of phenolic OH excluding ortho intramolecular Hbond substituents is 1. The van der Waals surface area contributed by atoms with Crippen molar-refractivity contribution in [2.24, 2.45) is 5.41 Å². The normalized spacial score (nSPS) is 18.9. The third kappa shape index (κ3) is 3.26. The van der Waals surface area contributed by atoms with Crippen molar-refractivity contribution in [1.82, 2.24) is 5.32 Å². The second-order valence-corrected chi connectivity index (χ2v) is 6.09. The number of phenols is 1. The zero-order valence-corrected chi connectivity index (χ0v) is 12.9. The van der Waals surface area contributed by atoms with Gasteiger partial charge in [0, 0.05) is 24.2 Å². The van der Waals surface area contributed by atoms with Crippen LogP contribution in [0.3, 0.4) is 0 Å². The fourth-order valence-electron chi connectivity index (χ4n) is 3.28. The highest BCUT2D eigenvalue weighted by molar-refractivity contribution is 5.41. The third-order valence-electron chi connectivity index (χ3n) is 4.90. The van der Waals surface area contributed by atoms with Gasteiger partial charge in [-0.05, 0) is 37.7 Å². The minimum Gasteiger partial charge on any atom is -0.507 e. The molecule has 0 amide bonds. The molecule has 0 heterocycles. The zero-order chi connectivity index (χ0) is 14.6. The molecule has 1 unspecified atom stereocenters. The van der Waals surface area contributed by atoms with Crippen LogP contribution in [-0.4, -0.2) is 18.8 Å². The van der Waals surface area contributed by atoms with Crippen LogP contribution in [-0.2, 0) is 0 Å². The van der Waals surface area contributed by atoms with Gasteiger partial charge in [0.2, 0.25) is 0 Å². The molecule has 0 aromatic heterocycles.